The number of rotatable bonds is 4. The molecule has 0 unspecified atom stereocenters. The first-order valence-electron chi connectivity index (χ1n) is 10.3. The van der Waals surface area contributed by atoms with Gasteiger partial charge in [-0.1, -0.05) is 53.7 Å². The molecule has 2 N–H and O–H groups in total. The molecule has 0 bridgehead atoms. The third-order valence-electron chi connectivity index (χ3n) is 3.62. The highest BCUT2D eigenvalue weighted by Gasteiger charge is 2.20. The van der Waals surface area contributed by atoms with Crippen molar-refractivity contribution in [3.63, 3.8) is 0 Å². The summed E-state index contributed by atoms with van der Waals surface area (Å²) in [7, 11) is 3.25. The second-order valence-electron chi connectivity index (χ2n) is 5.29. The number of amides is 3. The van der Waals surface area contributed by atoms with Crippen molar-refractivity contribution < 1.29 is 14.3 Å². The largest absolute Gasteiger partial charge is 0.501 e. The van der Waals surface area contributed by atoms with E-state index < -0.39 is 0 Å². The molecule has 3 amide bonds. The van der Waals surface area contributed by atoms with Crippen molar-refractivity contribution in [2.24, 2.45) is 0 Å². The number of anilines is 2. The number of carbonyl (C=O) groups excluding carboxylic acids is 2. The molecule has 0 spiro atoms. The Bertz CT molecular complexity index is 695. The molecule has 0 fully saturated rings. The first-order chi connectivity index (χ1) is 14.0. The number of hydrogen-bond acceptors (Lipinski definition) is 3. The highest BCUT2D eigenvalue weighted by Crippen LogP contribution is 2.26. The number of methoxy groups -OCH3 is 1. The molecule has 0 saturated carbocycles. The van der Waals surface area contributed by atoms with Crippen molar-refractivity contribution in [2.45, 2.75) is 61.9 Å². The van der Waals surface area contributed by atoms with Crippen LogP contribution in [0.5, 0.6) is 0 Å². The van der Waals surface area contributed by atoms with Crippen LogP contribution in [0.4, 0.5) is 16.2 Å². The first-order valence-corrected chi connectivity index (χ1v) is 10.3. The minimum absolute atomic E-state index is 0.136. The fourth-order valence-corrected chi connectivity index (χ4v) is 2.29. The number of fused-ring (bicyclic) bond motifs is 1. The van der Waals surface area contributed by atoms with Crippen molar-refractivity contribution in [1.82, 2.24) is 4.90 Å². The number of urea groups is 1. The molecule has 6 nitrogen and oxygen atoms in total. The van der Waals surface area contributed by atoms with Crippen LogP contribution in [0.1, 0.15) is 61.0 Å². The number of benzene rings is 1. The lowest BCUT2D eigenvalue weighted by Gasteiger charge is -2.26. The standard InChI is InChI=1S/C17H21N3O3.3C2H6/c1-5-6-14(11(2)23-4)16(21)18-13-7-8-15-12(9-13)10-20(3)17(22)19-15;3*1-2/h5-9H,10H2,1-4H3,(H,18,21)(H,19,22);3*1-2H3/b6-5-,14-11-;;;. The maximum atomic E-state index is 12.4. The van der Waals surface area contributed by atoms with Gasteiger partial charge in [-0.3, -0.25) is 4.79 Å². The molecule has 1 heterocycles. The van der Waals surface area contributed by atoms with Crippen LogP contribution >= 0.6 is 0 Å². The Morgan fingerprint density at radius 1 is 1.17 bits per heavy atom. The number of ether oxygens (including phenoxy) is 1. The Kier molecular flexibility index (Phi) is 15.9. The average molecular weight is 406 g/mol. The molecule has 1 aromatic carbocycles. The summed E-state index contributed by atoms with van der Waals surface area (Å²) in [5, 5.41) is 5.65. The summed E-state index contributed by atoms with van der Waals surface area (Å²) in [4.78, 5) is 25.6. The van der Waals surface area contributed by atoms with Crippen LogP contribution in [-0.4, -0.2) is 31.0 Å². The third-order valence-corrected chi connectivity index (χ3v) is 3.62. The zero-order valence-electron chi connectivity index (χ0n) is 19.8. The molecule has 0 saturated heterocycles. The molecule has 1 aliphatic rings. The molecule has 0 atom stereocenters. The van der Waals surface area contributed by atoms with Crippen molar-refractivity contribution in [2.75, 3.05) is 24.8 Å². The molecule has 0 aliphatic carbocycles. The SMILES string of the molecule is C/C=C\C(C(=O)Nc1ccc2c(c1)CN(C)C(=O)N2)=C(/C)OC.CC.CC.CC. The normalized spacial score (nSPS) is 12.5. The van der Waals surface area contributed by atoms with Crippen LogP contribution in [0.2, 0.25) is 0 Å². The molecule has 29 heavy (non-hydrogen) atoms. The summed E-state index contributed by atoms with van der Waals surface area (Å²) < 4.78 is 5.15. The summed E-state index contributed by atoms with van der Waals surface area (Å²) in [5.41, 5.74) is 2.86. The van der Waals surface area contributed by atoms with Crippen molar-refractivity contribution in [1.29, 1.82) is 0 Å². The monoisotopic (exact) mass is 405 g/mol. The lowest BCUT2D eigenvalue weighted by molar-refractivity contribution is -0.112. The fourth-order valence-electron chi connectivity index (χ4n) is 2.29. The minimum Gasteiger partial charge on any atom is -0.501 e. The molecular weight excluding hydrogens is 366 g/mol. The molecule has 164 valence electrons. The van der Waals surface area contributed by atoms with Crippen LogP contribution < -0.4 is 10.6 Å². The molecule has 0 radical (unpaired) electrons. The molecule has 1 aromatic rings. The van der Waals surface area contributed by atoms with Gasteiger partial charge in [-0.15, -0.1) is 0 Å². The topological polar surface area (TPSA) is 70.7 Å². The summed E-state index contributed by atoms with van der Waals surface area (Å²) in [6.45, 7) is 16.1. The van der Waals surface area contributed by atoms with E-state index in [1.54, 1.807) is 43.2 Å². The second kappa shape index (κ2) is 16.2. The predicted octanol–water partition coefficient (Wildman–Crippen LogP) is 6.18. The number of nitrogens with zero attached hydrogens (tertiary/aromatic N) is 1. The lowest BCUT2D eigenvalue weighted by Crippen LogP contribution is -2.35. The van der Waals surface area contributed by atoms with Crippen molar-refractivity contribution >= 4 is 23.3 Å². The van der Waals surface area contributed by atoms with E-state index >= 15 is 0 Å². The van der Waals surface area contributed by atoms with Crippen LogP contribution in [0.25, 0.3) is 0 Å². The number of nitrogens with one attached hydrogen (secondary N) is 2. The first kappa shape index (κ1) is 28.4. The van der Waals surface area contributed by atoms with Gasteiger partial charge in [0.15, 0.2) is 0 Å². The third kappa shape index (κ3) is 8.85. The van der Waals surface area contributed by atoms with Gasteiger partial charge in [0.05, 0.1) is 12.7 Å². The number of allylic oxidation sites excluding steroid dienone is 2. The van der Waals surface area contributed by atoms with E-state index in [1.165, 1.54) is 7.11 Å². The number of hydrogen-bond donors (Lipinski definition) is 2. The predicted molar refractivity (Wildman–Crippen MR) is 124 cm³/mol. The van der Waals surface area contributed by atoms with E-state index in [2.05, 4.69) is 10.6 Å². The second-order valence-corrected chi connectivity index (χ2v) is 5.29. The van der Waals surface area contributed by atoms with E-state index in [0.29, 0.717) is 23.6 Å². The summed E-state index contributed by atoms with van der Waals surface area (Å²) in [5.74, 6) is 0.307. The van der Waals surface area contributed by atoms with Crippen LogP contribution in [0.3, 0.4) is 0 Å². The van der Waals surface area contributed by atoms with Gasteiger partial charge >= 0.3 is 6.03 Å². The summed E-state index contributed by atoms with van der Waals surface area (Å²) >= 11 is 0. The zero-order chi connectivity index (χ0) is 23.0. The van der Waals surface area contributed by atoms with Gasteiger partial charge in [-0.25, -0.2) is 4.79 Å². The lowest BCUT2D eigenvalue weighted by atomic mass is 10.1. The Balaban J connectivity index is 0. The van der Waals surface area contributed by atoms with Gasteiger partial charge in [0.25, 0.3) is 5.91 Å². The van der Waals surface area contributed by atoms with E-state index in [-0.39, 0.29) is 11.9 Å². The van der Waals surface area contributed by atoms with E-state index in [4.69, 9.17) is 4.74 Å². The maximum Gasteiger partial charge on any atom is 0.321 e. The van der Waals surface area contributed by atoms with E-state index in [0.717, 1.165) is 11.3 Å². The molecule has 2 rings (SSSR count). The Morgan fingerprint density at radius 2 is 1.76 bits per heavy atom. The molecular formula is C23H39N3O3. The minimum atomic E-state index is -0.240. The van der Waals surface area contributed by atoms with Gasteiger partial charge in [0.1, 0.15) is 5.76 Å². The zero-order valence-corrected chi connectivity index (χ0v) is 19.8. The van der Waals surface area contributed by atoms with Crippen LogP contribution in [0.15, 0.2) is 41.7 Å². The fraction of sp³-hybridized carbons (Fsp3) is 0.478. The van der Waals surface area contributed by atoms with Gasteiger partial charge in [0.2, 0.25) is 0 Å². The molecule has 6 heteroatoms. The van der Waals surface area contributed by atoms with Crippen molar-refractivity contribution in [3.05, 3.63) is 47.2 Å². The van der Waals surface area contributed by atoms with Gasteiger partial charge in [-0.2, -0.15) is 0 Å². The van der Waals surface area contributed by atoms with Gasteiger partial charge < -0.3 is 20.3 Å². The van der Waals surface area contributed by atoms with Crippen LogP contribution in [0, 0.1) is 0 Å². The Hall–Kier alpha value is -2.76. The molecule has 1 aliphatic heterocycles. The summed E-state index contributed by atoms with van der Waals surface area (Å²) in [6.07, 6.45) is 3.50. The maximum absolute atomic E-state index is 12.4. The van der Waals surface area contributed by atoms with Crippen LogP contribution in [-0.2, 0) is 16.1 Å². The van der Waals surface area contributed by atoms with E-state index in [1.807, 2.05) is 54.5 Å². The quantitative estimate of drug-likeness (QED) is 0.357. The Labute approximate surface area is 177 Å². The summed E-state index contributed by atoms with van der Waals surface area (Å²) in [6, 6.07) is 5.28. The highest BCUT2D eigenvalue weighted by molar-refractivity contribution is 6.06. The highest BCUT2D eigenvalue weighted by atomic mass is 16.5. The smallest absolute Gasteiger partial charge is 0.321 e. The van der Waals surface area contributed by atoms with E-state index in [9.17, 15) is 9.59 Å². The van der Waals surface area contributed by atoms with Gasteiger partial charge in [0, 0.05) is 25.0 Å². The Morgan fingerprint density at radius 3 is 2.28 bits per heavy atom. The average Bonchev–Trinajstić information content (AvgIpc) is 2.76. The van der Waals surface area contributed by atoms with Crippen molar-refractivity contribution in [3.8, 4) is 0 Å². The molecule has 0 aromatic heterocycles. The van der Waals surface area contributed by atoms with Gasteiger partial charge in [-0.05, 0) is 37.6 Å². The number of carbonyl (C=O) groups is 2.